The van der Waals surface area contributed by atoms with Crippen LogP contribution < -0.4 is 16.0 Å². The van der Waals surface area contributed by atoms with E-state index < -0.39 is 0 Å². The lowest BCUT2D eigenvalue weighted by atomic mass is 10.1. The van der Waals surface area contributed by atoms with Gasteiger partial charge in [0.1, 0.15) is 0 Å². The van der Waals surface area contributed by atoms with E-state index in [1.54, 1.807) is 6.20 Å². The van der Waals surface area contributed by atoms with Gasteiger partial charge in [0.15, 0.2) is 5.65 Å². The number of fused-ring (bicyclic) bond motifs is 1. The number of nitrogens with zero attached hydrogens (tertiary/aromatic N) is 3. The zero-order valence-electron chi connectivity index (χ0n) is 20.7. The molecule has 0 radical (unpaired) electrons. The van der Waals surface area contributed by atoms with Crippen molar-refractivity contribution in [2.45, 2.75) is 39.7 Å². The minimum atomic E-state index is -0.124. The second kappa shape index (κ2) is 9.81. The van der Waals surface area contributed by atoms with Gasteiger partial charge in [0.2, 0.25) is 5.91 Å². The van der Waals surface area contributed by atoms with Crippen LogP contribution in [0.4, 0.5) is 11.4 Å². The number of hydrogen-bond acceptors (Lipinski definition) is 5. The van der Waals surface area contributed by atoms with Gasteiger partial charge in [-0.3, -0.25) is 9.59 Å². The smallest absolute Gasteiger partial charge is 0.251 e. The highest BCUT2D eigenvalue weighted by molar-refractivity contribution is 5.95. The number of anilines is 2. The summed E-state index contributed by atoms with van der Waals surface area (Å²) in [6, 6.07) is 17.5. The van der Waals surface area contributed by atoms with Gasteiger partial charge >= 0.3 is 0 Å². The van der Waals surface area contributed by atoms with Gasteiger partial charge in [-0.05, 0) is 49.1 Å². The van der Waals surface area contributed by atoms with Crippen LogP contribution in [0.5, 0.6) is 0 Å². The van der Waals surface area contributed by atoms with E-state index in [2.05, 4.69) is 34.8 Å². The highest BCUT2D eigenvalue weighted by atomic mass is 16.2. The average molecular weight is 483 g/mol. The zero-order valence-corrected chi connectivity index (χ0v) is 20.7. The summed E-state index contributed by atoms with van der Waals surface area (Å²) in [4.78, 5) is 28.6. The first-order chi connectivity index (χ1) is 17.4. The Hall–Kier alpha value is -4.20. The van der Waals surface area contributed by atoms with E-state index in [1.807, 2.05) is 59.1 Å². The molecule has 5 rings (SSSR count). The molecule has 2 heterocycles. The first-order valence-electron chi connectivity index (χ1n) is 12.3. The van der Waals surface area contributed by atoms with Crippen molar-refractivity contribution in [1.29, 1.82) is 0 Å². The molecule has 2 aromatic carbocycles. The van der Waals surface area contributed by atoms with Gasteiger partial charge in [-0.15, -0.1) is 0 Å². The number of carbonyl (C=O) groups is 2. The number of rotatable bonds is 8. The molecule has 2 aromatic heterocycles. The van der Waals surface area contributed by atoms with Crippen molar-refractivity contribution < 1.29 is 9.59 Å². The summed E-state index contributed by atoms with van der Waals surface area (Å²) in [5.74, 6) is 0.288. The normalized spacial score (nSPS) is 13.1. The van der Waals surface area contributed by atoms with Crippen LogP contribution in [0.3, 0.4) is 0 Å². The van der Waals surface area contributed by atoms with E-state index in [9.17, 15) is 9.59 Å². The molecule has 8 nitrogen and oxygen atoms in total. The van der Waals surface area contributed by atoms with Gasteiger partial charge in [-0.25, -0.2) is 9.50 Å². The van der Waals surface area contributed by atoms with Gasteiger partial charge in [0.25, 0.3) is 5.91 Å². The van der Waals surface area contributed by atoms with Gasteiger partial charge < -0.3 is 16.0 Å². The first kappa shape index (κ1) is 23.5. The third kappa shape index (κ3) is 5.22. The summed E-state index contributed by atoms with van der Waals surface area (Å²) in [6.07, 6.45) is 3.92. The number of benzene rings is 2. The quantitative estimate of drug-likeness (QED) is 0.329. The van der Waals surface area contributed by atoms with Crippen LogP contribution in [-0.2, 0) is 4.79 Å². The third-order valence-electron chi connectivity index (χ3n) is 6.00. The molecule has 1 aliphatic carbocycles. The number of amides is 2. The summed E-state index contributed by atoms with van der Waals surface area (Å²) >= 11 is 0. The molecule has 8 heteroatoms. The van der Waals surface area contributed by atoms with Crippen molar-refractivity contribution >= 4 is 28.8 Å². The Morgan fingerprint density at radius 3 is 2.53 bits per heavy atom. The molecule has 0 spiro atoms. The molecule has 0 saturated heterocycles. The van der Waals surface area contributed by atoms with Crippen LogP contribution >= 0.6 is 0 Å². The Labute approximate surface area is 210 Å². The van der Waals surface area contributed by atoms with Crippen molar-refractivity contribution in [2.75, 3.05) is 17.2 Å². The van der Waals surface area contributed by atoms with Crippen molar-refractivity contribution in [3.63, 3.8) is 0 Å². The summed E-state index contributed by atoms with van der Waals surface area (Å²) < 4.78 is 1.84. The van der Waals surface area contributed by atoms with Crippen molar-refractivity contribution in [3.05, 3.63) is 66.4 Å². The Kier molecular flexibility index (Phi) is 6.41. The highest BCUT2D eigenvalue weighted by Crippen LogP contribution is 2.29. The molecular formula is C28H30N6O2. The predicted molar refractivity (Wildman–Crippen MR) is 142 cm³/mol. The topological polar surface area (TPSA) is 100 Å². The van der Waals surface area contributed by atoms with E-state index in [4.69, 9.17) is 5.10 Å². The molecule has 0 bridgehead atoms. The largest absolute Gasteiger partial charge is 0.382 e. The van der Waals surface area contributed by atoms with Gasteiger partial charge in [0, 0.05) is 41.9 Å². The standard InChI is InChI=1S/C28H30N6O2/c1-17(2)15-29-25-14-24(21-5-4-6-23(13-21)31-18(3)35)33-34-26(16-30-27(25)34)19-7-9-20(10-8-19)28(36)32-22-11-12-22/h4-10,13-14,16-17,22,29H,11-12,15H2,1-3H3,(H,31,35)(H,32,36). The summed E-state index contributed by atoms with van der Waals surface area (Å²) in [6.45, 7) is 6.59. The van der Waals surface area contributed by atoms with Gasteiger partial charge in [0.05, 0.1) is 23.3 Å². The van der Waals surface area contributed by atoms with Crippen molar-refractivity contribution in [1.82, 2.24) is 19.9 Å². The van der Waals surface area contributed by atoms with Crippen molar-refractivity contribution in [2.24, 2.45) is 5.92 Å². The molecule has 2 amide bonds. The van der Waals surface area contributed by atoms with Crippen molar-refractivity contribution in [3.8, 4) is 22.5 Å². The van der Waals surface area contributed by atoms with E-state index in [0.717, 1.165) is 53.2 Å². The number of imidazole rings is 1. The summed E-state index contributed by atoms with van der Waals surface area (Å²) in [7, 11) is 0. The van der Waals surface area contributed by atoms with E-state index in [1.165, 1.54) is 6.92 Å². The lowest BCUT2D eigenvalue weighted by molar-refractivity contribution is -0.114. The second-order valence-corrected chi connectivity index (χ2v) is 9.68. The SMILES string of the molecule is CC(=O)Nc1cccc(-c2cc(NCC(C)C)c3ncc(-c4ccc(C(=O)NC5CC5)cc4)n3n2)c1. The van der Waals surface area contributed by atoms with E-state index in [-0.39, 0.29) is 11.8 Å². The fraction of sp³-hybridized carbons (Fsp3) is 0.286. The molecule has 36 heavy (non-hydrogen) atoms. The second-order valence-electron chi connectivity index (χ2n) is 9.68. The number of carbonyl (C=O) groups excluding carboxylic acids is 2. The average Bonchev–Trinajstić information content (AvgIpc) is 3.57. The van der Waals surface area contributed by atoms with Crippen LogP contribution in [0.2, 0.25) is 0 Å². The minimum absolute atomic E-state index is 0.0400. The van der Waals surface area contributed by atoms with Crippen LogP contribution in [0.1, 0.15) is 44.0 Å². The molecule has 0 atom stereocenters. The highest BCUT2D eigenvalue weighted by Gasteiger charge is 2.24. The molecular weight excluding hydrogens is 452 g/mol. The summed E-state index contributed by atoms with van der Waals surface area (Å²) in [5, 5.41) is 14.3. The van der Waals surface area contributed by atoms with Crippen LogP contribution in [0.15, 0.2) is 60.8 Å². The zero-order chi connectivity index (χ0) is 25.2. The maximum Gasteiger partial charge on any atom is 0.251 e. The Bertz CT molecular complexity index is 1420. The minimum Gasteiger partial charge on any atom is -0.382 e. The first-order valence-corrected chi connectivity index (χ1v) is 12.3. The van der Waals surface area contributed by atoms with Crippen LogP contribution in [0.25, 0.3) is 28.2 Å². The molecule has 3 N–H and O–H groups in total. The monoisotopic (exact) mass is 482 g/mol. The van der Waals surface area contributed by atoms with E-state index in [0.29, 0.717) is 23.2 Å². The van der Waals surface area contributed by atoms with Crippen LogP contribution in [-0.4, -0.2) is 39.0 Å². The molecule has 184 valence electrons. The Balaban J connectivity index is 1.55. The Morgan fingerprint density at radius 2 is 1.83 bits per heavy atom. The lowest BCUT2D eigenvalue weighted by Crippen LogP contribution is -2.25. The molecule has 4 aromatic rings. The van der Waals surface area contributed by atoms with E-state index >= 15 is 0 Å². The number of hydrogen-bond donors (Lipinski definition) is 3. The van der Waals surface area contributed by atoms with Gasteiger partial charge in [-0.1, -0.05) is 38.1 Å². The molecule has 0 aliphatic heterocycles. The molecule has 1 fully saturated rings. The predicted octanol–water partition coefficient (Wildman–Crippen LogP) is 4.98. The fourth-order valence-electron chi connectivity index (χ4n) is 4.00. The summed E-state index contributed by atoms with van der Waals surface area (Å²) in [5.41, 5.74) is 6.33. The molecule has 0 unspecified atom stereocenters. The maximum atomic E-state index is 12.4. The number of aromatic nitrogens is 3. The molecule has 1 aliphatic rings. The number of nitrogens with one attached hydrogen (secondary N) is 3. The van der Waals surface area contributed by atoms with Crippen LogP contribution in [0, 0.1) is 5.92 Å². The van der Waals surface area contributed by atoms with Gasteiger partial charge in [-0.2, -0.15) is 5.10 Å². The maximum absolute atomic E-state index is 12.4. The fourth-order valence-corrected chi connectivity index (χ4v) is 4.00. The third-order valence-corrected chi connectivity index (χ3v) is 6.00. The molecule has 1 saturated carbocycles. The Morgan fingerprint density at radius 1 is 1.06 bits per heavy atom. The lowest BCUT2D eigenvalue weighted by Gasteiger charge is -2.13.